The molecule has 2 aromatic rings. The zero-order valence-corrected chi connectivity index (χ0v) is 12.9. The Hall–Kier alpha value is -1.71. The average molecular weight is 319 g/mol. The summed E-state index contributed by atoms with van der Waals surface area (Å²) in [5.74, 6) is 0.801. The largest absolute Gasteiger partial charge is 0.478 e. The zero-order valence-electron chi connectivity index (χ0n) is 11.3. The second kappa shape index (κ2) is 7.91. The summed E-state index contributed by atoms with van der Waals surface area (Å²) in [7, 11) is 0. The monoisotopic (exact) mass is 318 g/mol. The van der Waals surface area contributed by atoms with Gasteiger partial charge in [0.15, 0.2) is 0 Å². The van der Waals surface area contributed by atoms with E-state index in [1.54, 1.807) is 17.8 Å². The summed E-state index contributed by atoms with van der Waals surface area (Å²) >= 11 is 7.65. The molecule has 0 aliphatic carbocycles. The minimum Gasteiger partial charge on any atom is -0.478 e. The number of hydrogen-bond donors (Lipinski definition) is 1. The minimum atomic E-state index is -0.932. The number of carbonyl (C=O) groups is 1. The van der Waals surface area contributed by atoms with Gasteiger partial charge in [0.25, 0.3) is 0 Å². The molecule has 0 aliphatic rings. The van der Waals surface area contributed by atoms with E-state index >= 15 is 0 Å². The summed E-state index contributed by atoms with van der Waals surface area (Å²) < 4.78 is 0. The van der Waals surface area contributed by atoms with Crippen LogP contribution in [-0.2, 0) is 16.3 Å². The molecule has 108 valence electrons. The van der Waals surface area contributed by atoms with Crippen LogP contribution in [0, 0.1) is 0 Å². The van der Waals surface area contributed by atoms with Crippen molar-refractivity contribution in [2.24, 2.45) is 0 Å². The van der Waals surface area contributed by atoms with Crippen LogP contribution in [-0.4, -0.2) is 11.1 Å². The van der Waals surface area contributed by atoms with Crippen LogP contribution >= 0.6 is 23.4 Å². The fourth-order valence-corrected chi connectivity index (χ4v) is 2.99. The molecule has 0 spiro atoms. The predicted molar refractivity (Wildman–Crippen MR) is 89.6 cm³/mol. The maximum absolute atomic E-state index is 10.6. The maximum atomic E-state index is 10.6. The molecular formula is C17H15ClO2S. The second-order valence-electron chi connectivity index (χ2n) is 4.49. The van der Waals surface area contributed by atoms with Crippen LogP contribution < -0.4 is 0 Å². The fourth-order valence-electron chi connectivity index (χ4n) is 1.85. The number of halogens is 1. The minimum absolute atomic E-state index is 0.743. The molecule has 0 unspecified atom stereocenters. The summed E-state index contributed by atoms with van der Waals surface area (Å²) in [6, 6.07) is 15.7. The Morgan fingerprint density at radius 2 is 1.81 bits per heavy atom. The van der Waals surface area contributed by atoms with Crippen molar-refractivity contribution in [1.82, 2.24) is 0 Å². The number of benzene rings is 2. The van der Waals surface area contributed by atoms with Gasteiger partial charge in [-0.3, -0.25) is 0 Å². The molecule has 0 radical (unpaired) electrons. The van der Waals surface area contributed by atoms with E-state index in [9.17, 15) is 4.79 Å². The van der Waals surface area contributed by atoms with Crippen molar-refractivity contribution in [2.45, 2.75) is 11.5 Å². The van der Waals surface area contributed by atoms with Gasteiger partial charge in [0.05, 0.1) is 0 Å². The number of aliphatic carboxylic acids is 1. The number of carboxylic acid groups (broad SMARTS) is 1. The van der Waals surface area contributed by atoms with Crippen LogP contribution in [0.3, 0.4) is 0 Å². The van der Waals surface area contributed by atoms with Crippen molar-refractivity contribution in [2.75, 3.05) is 0 Å². The van der Waals surface area contributed by atoms with Gasteiger partial charge in [0, 0.05) is 22.6 Å². The Morgan fingerprint density at radius 1 is 1.10 bits per heavy atom. The molecule has 2 aromatic carbocycles. The molecule has 0 aromatic heterocycles. The van der Waals surface area contributed by atoms with E-state index in [1.165, 1.54) is 11.6 Å². The van der Waals surface area contributed by atoms with E-state index in [-0.39, 0.29) is 0 Å². The molecular weight excluding hydrogens is 304 g/mol. The number of thioether (sulfide) groups is 1. The first-order valence-corrected chi connectivity index (χ1v) is 7.99. The molecule has 0 aliphatic heterocycles. The molecule has 2 nitrogen and oxygen atoms in total. The first-order valence-electron chi connectivity index (χ1n) is 6.46. The van der Waals surface area contributed by atoms with Gasteiger partial charge in [0.1, 0.15) is 0 Å². The Kier molecular flexibility index (Phi) is 5.90. The van der Waals surface area contributed by atoms with Gasteiger partial charge in [-0.1, -0.05) is 48.0 Å². The van der Waals surface area contributed by atoms with Gasteiger partial charge in [-0.25, -0.2) is 4.79 Å². The number of hydrogen-bond acceptors (Lipinski definition) is 2. The molecule has 0 saturated carbocycles. The van der Waals surface area contributed by atoms with Crippen LogP contribution in [0.4, 0.5) is 0 Å². The SMILES string of the molecule is O=C(O)/C=C/c1ccccc1CSCc1ccc(Cl)cc1. The lowest BCUT2D eigenvalue weighted by Crippen LogP contribution is -1.90. The van der Waals surface area contributed by atoms with Crippen LogP contribution in [0.1, 0.15) is 16.7 Å². The lowest BCUT2D eigenvalue weighted by atomic mass is 10.1. The maximum Gasteiger partial charge on any atom is 0.328 e. The van der Waals surface area contributed by atoms with E-state index in [4.69, 9.17) is 16.7 Å². The predicted octanol–water partition coefficient (Wildman–Crippen LogP) is 4.87. The van der Waals surface area contributed by atoms with E-state index in [2.05, 4.69) is 0 Å². The highest BCUT2D eigenvalue weighted by Crippen LogP contribution is 2.22. The number of carboxylic acids is 1. The molecule has 4 heteroatoms. The Morgan fingerprint density at radius 3 is 2.52 bits per heavy atom. The van der Waals surface area contributed by atoms with Crippen molar-refractivity contribution in [3.63, 3.8) is 0 Å². The van der Waals surface area contributed by atoms with Crippen molar-refractivity contribution in [1.29, 1.82) is 0 Å². The summed E-state index contributed by atoms with van der Waals surface area (Å²) in [5, 5.41) is 9.45. The Labute approximate surface area is 133 Å². The third-order valence-electron chi connectivity index (χ3n) is 2.90. The third-order valence-corrected chi connectivity index (χ3v) is 4.20. The molecule has 0 fully saturated rings. The van der Waals surface area contributed by atoms with Crippen molar-refractivity contribution >= 4 is 35.4 Å². The molecule has 0 atom stereocenters. The molecule has 1 N–H and O–H groups in total. The smallest absolute Gasteiger partial charge is 0.328 e. The lowest BCUT2D eigenvalue weighted by Gasteiger charge is -2.06. The van der Waals surface area contributed by atoms with Crippen molar-refractivity contribution in [3.8, 4) is 0 Å². The average Bonchev–Trinajstić information content (AvgIpc) is 2.48. The van der Waals surface area contributed by atoms with Crippen molar-refractivity contribution in [3.05, 3.63) is 76.3 Å². The van der Waals surface area contributed by atoms with E-state index in [1.807, 2.05) is 48.5 Å². The molecule has 21 heavy (non-hydrogen) atoms. The highest BCUT2D eigenvalue weighted by atomic mass is 35.5. The van der Waals surface area contributed by atoms with E-state index < -0.39 is 5.97 Å². The van der Waals surface area contributed by atoms with Crippen LogP contribution in [0.2, 0.25) is 5.02 Å². The van der Waals surface area contributed by atoms with Gasteiger partial charge in [-0.15, -0.1) is 0 Å². The highest BCUT2D eigenvalue weighted by Gasteiger charge is 2.01. The number of rotatable bonds is 6. The summed E-state index contributed by atoms with van der Waals surface area (Å²) in [6.45, 7) is 0. The van der Waals surface area contributed by atoms with E-state index in [0.29, 0.717) is 0 Å². The summed E-state index contributed by atoms with van der Waals surface area (Å²) in [6.07, 6.45) is 2.81. The first kappa shape index (κ1) is 15.7. The fraction of sp³-hybridized carbons (Fsp3) is 0.118. The standard InChI is InChI=1S/C17H15ClO2S/c18-16-8-5-13(6-9-16)11-21-12-15-4-2-1-3-14(15)7-10-17(19)20/h1-10H,11-12H2,(H,19,20)/b10-7+. The zero-order chi connectivity index (χ0) is 15.1. The van der Waals surface area contributed by atoms with Gasteiger partial charge < -0.3 is 5.11 Å². The first-order chi connectivity index (χ1) is 10.1. The molecule has 0 amide bonds. The lowest BCUT2D eigenvalue weighted by molar-refractivity contribution is -0.131. The van der Waals surface area contributed by atoms with Crippen molar-refractivity contribution < 1.29 is 9.90 Å². The molecule has 0 saturated heterocycles. The van der Waals surface area contributed by atoms with Crippen LogP contribution in [0.15, 0.2) is 54.6 Å². The highest BCUT2D eigenvalue weighted by molar-refractivity contribution is 7.97. The van der Waals surface area contributed by atoms with Gasteiger partial charge in [-0.2, -0.15) is 11.8 Å². The van der Waals surface area contributed by atoms with E-state index in [0.717, 1.165) is 27.7 Å². The van der Waals surface area contributed by atoms with Gasteiger partial charge >= 0.3 is 5.97 Å². The quantitative estimate of drug-likeness (QED) is 0.772. The Bertz CT molecular complexity index is 635. The third kappa shape index (κ3) is 5.29. The van der Waals surface area contributed by atoms with Crippen LogP contribution in [0.25, 0.3) is 6.08 Å². The molecule has 2 rings (SSSR count). The van der Waals surface area contributed by atoms with Gasteiger partial charge in [-0.05, 0) is 34.9 Å². The molecule has 0 heterocycles. The second-order valence-corrected chi connectivity index (χ2v) is 5.91. The summed E-state index contributed by atoms with van der Waals surface area (Å²) in [4.78, 5) is 10.6. The van der Waals surface area contributed by atoms with Gasteiger partial charge in [0.2, 0.25) is 0 Å². The van der Waals surface area contributed by atoms with Crippen LogP contribution in [0.5, 0.6) is 0 Å². The normalized spacial score (nSPS) is 10.9. The Balaban J connectivity index is 1.96. The summed E-state index contributed by atoms with van der Waals surface area (Å²) in [5.41, 5.74) is 3.31. The topological polar surface area (TPSA) is 37.3 Å². The molecule has 0 bridgehead atoms.